The van der Waals surface area contributed by atoms with Gasteiger partial charge in [-0.05, 0) is 41.8 Å². The van der Waals surface area contributed by atoms with Crippen molar-refractivity contribution in [2.75, 3.05) is 6.54 Å². The van der Waals surface area contributed by atoms with Gasteiger partial charge in [-0.25, -0.2) is 8.42 Å². The Morgan fingerprint density at radius 3 is 2.05 bits per heavy atom. The average molecular weight is 567 g/mol. The fourth-order valence-electron chi connectivity index (χ4n) is 4.06. The number of unbranched alkanes of at least 4 members (excludes halogenated alkanes) is 5. The van der Waals surface area contributed by atoms with Crippen molar-refractivity contribution in [2.24, 2.45) is 0 Å². The largest absolute Gasteiger partial charge is 0.549 e. The second-order valence-corrected chi connectivity index (χ2v) is 11.3. The van der Waals surface area contributed by atoms with Crippen molar-refractivity contribution >= 4 is 15.8 Å². The Kier molecular flexibility index (Phi) is 10.6. The van der Waals surface area contributed by atoms with E-state index in [1.54, 1.807) is 24.3 Å². The molecule has 0 amide bonds. The molecule has 0 aliphatic carbocycles. The summed E-state index contributed by atoms with van der Waals surface area (Å²) >= 11 is 0. The number of sulfone groups is 1. The molecule has 0 fully saturated rings. The number of carbonyl (C=O) groups is 1. The Morgan fingerprint density at radius 1 is 0.923 bits per heavy atom. The first kappa shape index (κ1) is 30.3. The Labute approximate surface area is 225 Å². The molecule has 2 aromatic carbocycles. The van der Waals surface area contributed by atoms with Gasteiger partial charge in [-0.3, -0.25) is 4.90 Å². The summed E-state index contributed by atoms with van der Waals surface area (Å²) in [7, 11) is -5.46. The van der Waals surface area contributed by atoms with E-state index in [2.05, 4.69) is 17.1 Å². The van der Waals surface area contributed by atoms with Gasteiger partial charge in [0.1, 0.15) is 0 Å². The third-order valence-corrected chi connectivity index (χ3v) is 7.63. The standard InChI is InChI=1S/C27H32F3N3O5S/c1-2-3-4-5-6-7-8-24-31-26(38-32-24)22-13-9-20(10-14-22)17-33(19-25(34)35)18-21-11-15-23(16-12-21)39(36,37)27(28,29)30/h9-16H,2-8,17-19H2,1H3,(H,34,35)/p-1. The third kappa shape index (κ3) is 8.89. The first-order valence-corrected chi connectivity index (χ1v) is 14.2. The number of benzene rings is 2. The van der Waals surface area contributed by atoms with Gasteiger partial charge in [0.25, 0.3) is 15.7 Å². The number of rotatable bonds is 15. The molecule has 0 saturated carbocycles. The minimum Gasteiger partial charge on any atom is -0.549 e. The number of aryl methyl sites for hydroxylation is 1. The van der Waals surface area contributed by atoms with Crippen LogP contribution in [-0.4, -0.2) is 41.5 Å². The summed E-state index contributed by atoms with van der Waals surface area (Å²) in [5.74, 6) is -0.284. The number of hydrogen-bond acceptors (Lipinski definition) is 8. The quantitative estimate of drug-likeness (QED) is 0.244. The van der Waals surface area contributed by atoms with Gasteiger partial charge < -0.3 is 14.4 Å². The number of hydrogen-bond donors (Lipinski definition) is 0. The Balaban J connectivity index is 1.61. The first-order valence-electron chi connectivity index (χ1n) is 12.7. The molecule has 0 aliphatic heterocycles. The summed E-state index contributed by atoms with van der Waals surface area (Å²) < 4.78 is 66.8. The zero-order valence-electron chi connectivity index (χ0n) is 21.6. The van der Waals surface area contributed by atoms with Gasteiger partial charge in [-0.1, -0.05) is 68.4 Å². The zero-order valence-corrected chi connectivity index (χ0v) is 22.4. The van der Waals surface area contributed by atoms with Crippen molar-refractivity contribution in [3.05, 3.63) is 65.5 Å². The van der Waals surface area contributed by atoms with E-state index in [1.807, 2.05) is 0 Å². The Hall–Kier alpha value is -3.25. The van der Waals surface area contributed by atoms with Crippen molar-refractivity contribution in [3.8, 4) is 11.5 Å². The van der Waals surface area contributed by atoms with Crippen LogP contribution in [0.1, 0.15) is 62.4 Å². The molecule has 3 aromatic rings. The van der Waals surface area contributed by atoms with Gasteiger partial charge in [0.15, 0.2) is 5.82 Å². The number of carbonyl (C=O) groups excluding carboxylic acids is 1. The number of aliphatic carboxylic acids is 1. The van der Waals surface area contributed by atoms with E-state index >= 15 is 0 Å². The molecule has 1 aromatic heterocycles. The Morgan fingerprint density at radius 2 is 1.49 bits per heavy atom. The predicted octanol–water partition coefficient (Wildman–Crippen LogP) is 4.69. The normalized spacial score (nSPS) is 12.2. The molecule has 0 saturated heterocycles. The lowest BCUT2D eigenvalue weighted by Gasteiger charge is -2.23. The van der Waals surface area contributed by atoms with Crippen molar-refractivity contribution in [1.82, 2.24) is 15.0 Å². The molecule has 8 nitrogen and oxygen atoms in total. The van der Waals surface area contributed by atoms with Crippen molar-refractivity contribution in [1.29, 1.82) is 0 Å². The summed E-state index contributed by atoms with van der Waals surface area (Å²) in [5, 5.41) is 15.3. The lowest BCUT2D eigenvalue weighted by molar-refractivity contribution is -0.306. The van der Waals surface area contributed by atoms with Gasteiger partial charge in [0.2, 0.25) is 0 Å². The summed E-state index contributed by atoms with van der Waals surface area (Å²) in [5.41, 5.74) is -3.48. The molecule has 0 atom stereocenters. The van der Waals surface area contributed by atoms with Crippen LogP contribution in [0.5, 0.6) is 0 Å². The summed E-state index contributed by atoms with van der Waals surface area (Å²) in [6.45, 7) is 1.99. The fourth-order valence-corrected chi connectivity index (χ4v) is 4.82. The number of nitrogens with zero attached hydrogens (tertiary/aromatic N) is 3. The van der Waals surface area contributed by atoms with Gasteiger partial charge in [-0.2, -0.15) is 18.2 Å². The van der Waals surface area contributed by atoms with Crippen LogP contribution in [-0.2, 0) is 34.1 Å². The second-order valence-electron chi connectivity index (χ2n) is 9.34. The smallest absolute Gasteiger partial charge is 0.501 e. The van der Waals surface area contributed by atoms with E-state index in [1.165, 1.54) is 42.7 Å². The number of alkyl halides is 3. The van der Waals surface area contributed by atoms with E-state index in [-0.39, 0.29) is 13.1 Å². The molecule has 212 valence electrons. The van der Waals surface area contributed by atoms with Crippen LogP contribution in [0.25, 0.3) is 11.5 Å². The van der Waals surface area contributed by atoms with Crippen LogP contribution in [0.15, 0.2) is 57.9 Å². The van der Waals surface area contributed by atoms with Crippen molar-refractivity contribution in [2.45, 2.75) is 75.4 Å². The van der Waals surface area contributed by atoms with Crippen LogP contribution in [0.4, 0.5) is 13.2 Å². The zero-order chi connectivity index (χ0) is 28.5. The molecular formula is C27H31F3N3O5S-. The Bertz CT molecular complexity index is 1310. The summed E-state index contributed by atoms with van der Waals surface area (Å²) in [6.07, 6.45) is 7.75. The highest BCUT2D eigenvalue weighted by atomic mass is 32.2. The van der Waals surface area contributed by atoms with Crippen molar-refractivity contribution in [3.63, 3.8) is 0 Å². The maximum absolute atomic E-state index is 12.8. The maximum atomic E-state index is 12.8. The van der Waals surface area contributed by atoms with E-state index in [0.717, 1.165) is 37.0 Å². The minimum absolute atomic E-state index is 0.0491. The van der Waals surface area contributed by atoms with Crippen LogP contribution in [0.3, 0.4) is 0 Å². The maximum Gasteiger partial charge on any atom is 0.501 e. The highest BCUT2D eigenvalue weighted by molar-refractivity contribution is 7.92. The number of aromatic nitrogens is 2. The number of carboxylic acids is 1. The molecule has 0 unspecified atom stereocenters. The average Bonchev–Trinajstić information content (AvgIpc) is 3.35. The molecular weight excluding hydrogens is 535 g/mol. The highest BCUT2D eigenvalue weighted by Crippen LogP contribution is 2.30. The summed E-state index contributed by atoms with van der Waals surface area (Å²) in [4.78, 5) is 16.4. The number of carboxylic acid groups (broad SMARTS) is 1. The van der Waals surface area contributed by atoms with E-state index in [4.69, 9.17) is 4.52 Å². The van der Waals surface area contributed by atoms with E-state index in [0.29, 0.717) is 22.8 Å². The SMILES string of the molecule is CCCCCCCCc1noc(-c2ccc(CN(CC(=O)[O-])Cc3ccc(S(=O)(=O)C(F)(F)F)cc3)cc2)n1. The molecule has 1 heterocycles. The summed E-state index contributed by atoms with van der Waals surface area (Å²) in [6, 6.07) is 11.3. The molecule has 0 radical (unpaired) electrons. The lowest BCUT2D eigenvalue weighted by atomic mass is 10.1. The molecule has 12 heteroatoms. The third-order valence-electron chi connectivity index (χ3n) is 6.13. The lowest BCUT2D eigenvalue weighted by Crippen LogP contribution is -2.37. The van der Waals surface area contributed by atoms with Gasteiger partial charge in [0, 0.05) is 31.6 Å². The predicted molar refractivity (Wildman–Crippen MR) is 136 cm³/mol. The fraction of sp³-hybridized carbons (Fsp3) is 0.444. The second kappa shape index (κ2) is 13.7. The van der Waals surface area contributed by atoms with Crippen LogP contribution < -0.4 is 5.11 Å². The van der Waals surface area contributed by atoms with Crippen LogP contribution in [0.2, 0.25) is 0 Å². The molecule has 0 spiro atoms. The van der Waals surface area contributed by atoms with E-state index < -0.39 is 32.8 Å². The van der Waals surface area contributed by atoms with Crippen LogP contribution >= 0.6 is 0 Å². The van der Waals surface area contributed by atoms with Gasteiger partial charge in [-0.15, -0.1) is 0 Å². The van der Waals surface area contributed by atoms with Gasteiger partial charge >= 0.3 is 5.51 Å². The van der Waals surface area contributed by atoms with Crippen molar-refractivity contribution < 1.29 is 36.0 Å². The number of halogens is 3. The minimum atomic E-state index is -5.46. The van der Waals surface area contributed by atoms with E-state index in [9.17, 15) is 31.5 Å². The molecule has 3 rings (SSSR count). The molecule has 0 aliphatic rings. The van der Waals surface area contributed by atoms with Gasteiger partial charge in [0.05, 0.1) is 10.9 Å². The van der Waals surface area contributed by atoms with Crippen LogP contribution in [0, 0.1) is 0 Å². The monoisotopic (exact) mass is 566 g/mol. The molecule has 0 bridgehead atoms. The molecule has 39 heavy (non-hydrogen) atoms. The molecule has 0 N–H and O–H groups in total. The first-order chi connectivity index (χ1) is 18.5. The highest BCUT2D eigenvalue weighted by Gasteiger charge is 2.46. The topological polar surface area (TPSA) is 116 Å².